The van der Waals surface area contributed by atoms with Crippen molar-refractivity contribution in [2.45, 2.75) is 10.8 Å². The molecule has 0 saturated carbocycles. The molecule has 4 heteroatoms. The Bertz CT molecular complexity index is 287. The van der Waals surface area contributed by atoms with Gasteiger partial charge < -0.3 is 5.73 Å². The molecule has 1 aromatic carbocycles. The summed E-state index contributed by atoms with van der Waals surface area (Å²) in [5, 5.41) is 0. The SMILES string of the molecule is NC(=O)C(c1ccccc1)C(Cl)Cl. The monoisotopic (exact) mass is 217 g/mol. The van der Waals surface area contributed by atoms with E-state index in [-0.39, 0.29) is 0 Å². The van der Waals surface area contributed by atoms with Gasteiger partial charge in [-0.05, 0) is 5.56 Å². The lowest BCUT2D eigenvalue weighted by Gasteiger charge is -2.13. The number of amides is 1. The molecule has 2 nitrogen and oxygen atoms in total. The molecule has 0 aliphatic carbocycles. The summed E-state index contributed by atoms with van der Waals surface area (Å²) in [6, 6.07) is 9.00. The number of carbonyl (C=O) groups excluding carboxylic acids is 1. The largest absolute Gasteiger partial charge is 0.369 e. The fourth-order valence-electron chi connectivity index (χ4n) is 1.09. The molecule has 0 aliphatic rings. The molecular formula is C9H9Cl2NO. The molecule has 0 heterocycles. The quantitative estimate of drug-likeness (QED) is 0.775. The smallest absolute Gasteiger partial charge is 0.227 e. The van der Waals surface area contributed by atoms with Crippen LogP contribution in [0.25, 0.3) is 0 Å². The van der Waals surface area contributed by atoms with E-state index in [4.69, 9.17) is 28.9 Å². The standard InChI is InChI=1S/C9H9Cl2NO/c10-8(11)7(9(12)13)6-4-2-1-3-5-6/h1-5,7-8H,(H2,12,13). The molecule has 0 aromatic heterocycles. The van der Waals surface area contributed by atoms with Gasteiger partial charge in [0.05, 0.1) is 5.92 Å². The second kappa shape index (κ2) is 4.49. The number of halogens is 2. The Morgan fingerprint density at radius 3 is 2.15 bits per heavy atom. The Hall–Kier alpha value is -0.730. The van der Waals surface area contributed by atoms with Crippen LogP contribution in [0, 0.1) is 0 Å². The molecule has 1 unspecified atom stereocenters. The van der Waals surface area contributed by atoms with E-state index in [0.717, 1.165) is 5.56 Å². The molecule has 70 valence electrons. The van der Waals surface area contributed by atoms with Crippen LogP contribution in [0.15, 0.2) is 30.3 Å². The van der Waals surface area contributed by atoms with Crippen molar-refractivity contribution in [2.75, 3.05) is 0 Å². The van der Waals surface area contributed by atoms with Crippen LogP contribution in [-0.4, -0.2) is 10.7 Å². The zero-order chi connectivity index (χ0) is 9.84. The van der Waals surface area contributed by atoms with E-state index in [1.807, 2.05) is 6.07 Å². The Labute approximate surface area is 86.6 Å². The zero-order valence-electron chi connectivity index (χ0n) is 6.78. The summed E-state index contributed by atoms with van der Waals surface area (Å²) in [4.78, 5) is 10.2. The van der Waals surface area contributed by atoms with Gasteiger partial charge in [-0.3, -0.25) is 4.79 Å². The predicted octanol–water partition coefficient (Wildman–Crippen LogP) is 2.06. The van der Waals surface area contributed by atoms with Gasteiger partial charge in [0.1, 0.15) is 4.84 Å². The van der Waals surface area contributed by atoms with E-state index >= 15 is 0 Å². The summed E-state index contributed by atoms with van der Waals surface area (Å²) in [5.41, 5.74) is 5.90. The first kappa shape index (κ1) is 10.4. The topological polar surface area (TPSA) is 43.1 Å². The third-order valence-electron chi connectivity index (χ3n) is 1.72. The van der Waals surface area contributed by atoms with Crippen molar-refractivity contribution < 1.29 is 4.79 Å². The molecule has 0 spiro atoms. The molecule has 1 amide bonds. The Kier molecular flexibility index (Phi) is 3.58. The van der Waals surface area contributed by atoms with Crippen LogP contribution in [-0.2, 0) is 4.79 Å². The predicted molar refractivity (Wildman–Crippen MR) is 53.9 cm³/mol. The van der Waals surface area contributed by atoms with Gasteiger partial charge in [-0.25, -0.2) is 0 Å². The highest BCUT2D eigenvalue weighted by Gasteiger charge is 2.24. The molecule has 1 rings (SSSR count). The zero-order valence-corrected chi connectivity index (χ0v) is 8.29. The van der Waals surface area contributed by atoms with Gasteiger partial charge in [0.15, 0.2) is 0 Å². The van der Waals surface area contributed by atoms with Gasteiger partial charge in [-0.2, -0.15) is 0 Å². The number of carbonyl (C=O) groups is 1. The van der Waals surface area contributed by atoms with Crippen LogP contribution < -0.4 is 5.73 Å². The number of rotatable bonds is 3. The van der Waals surface area contributed by atoms with Crippen LogP contribution in [0.3, 0.4) is 0 Å². The Morgan fingerprint density at radius 2 is 1.77 bits per heavy atom. The number of alkyl halides is 2. The third kappa shape index (κ3) is 2.61. The fraction of sp³-hybridized carbons (Fsp3) is 0.222. The first-order valence-corrected chi connectivity index (χ1v) is 4.62. The lowest BCUT2D eigenvalue weighted by Crippen LogP contribution is -2.25. The maximum atomic E-state index is 11.0. The molecule has 2 N–H and O–H groups in total. The van der Waals surface area contributed by atoms with E-state index in [1.54, 1.807) is 24.3 Å². The van der Waals surface area contributed by atoms with Crippen LogP contribution in [0.5, 0.6) is 0 Å². The number of hydrogen-bond donors (Lipinski definition) is 1. The lowest BCUT2D eigenvalue weighted by atomic mass is 10.0. The van der Waals surface area contributed by atoms with Crippen LogP contribution in [0.4, 0.5) is 0 Å². The second-order valence-corrected chi connectivity index (χ2v) is 3.79. The van der Waals surface area contributed by atoms with Crippen LogP contribution >= 0.6 is 23.2 Å². The van der Waals surface area contributed by atoms with Gasteiger partial charge >= 0.3 is 0 Å². The normalized spacial score (nSPS) is 12.8. The molecule has 0 bridgehead atoms. The van der Waals surface area contributed by atoms with Crippen LogP contribution in [0.2, 0.25) is 0 Å². The average molecular weight is 218 g/mol. The van der Waals surface area contributed by atoms with Crippen molar-refractivity contribution in [1.29, 1.82) is 0 Å². The van der Waals surface area contributed by atoms with Gasteiger partial charge in [-0.15, -0.1) is 23.2 Å². The fourth-order valence-corrected chi connectivity index (χ4v) is 1.63. The molecular weight excluding hydrogens is 209 g/mol. The molecule has 0 saturated heterocycles. The first-order chi connectivity index (χ1) is 6.13. The molecule has 0 aliphatic heterocycles. The number of benzene rings is 1. The average Bonchev–Trinajstić information content (AvgIpc) is 2.04. The van der Waals surface area contributed by atoms with E-state index < -0.39 is 16.7 Å². The summed E-state index contributed by atoms with van der Waals surface area (Å²) in [6.07, 6.45) is 0. The minimum Gasteiger partial charge on any atom is -0.369 e. The van der Waals surface area contributed by atoms with Gasteiger partial charge in [0.2, 0.25) is 5.91 Å². The summed E-state index contributed by atoms with van der Waals surface area (Å²) >= 11 is 11.3. The molecule has 13 heavy (non-hydrogen) atoms. The molecule has 1 atom stereocenters. The number of hydrogen-bond acceptors (Lipinski definition) is 1. The lowest BCUT2D eigenvalue weighted by molar-refractivity contribution is -0.119. The maximum Gasteiger partial charge on any atom is 0.227 e. The minimum atomic E-state index is -0.806. The van der Waals surface area contributed by atoms with Crippen molar-refractivity contribution >= 4 is 29.1 Å². The Morgan fingerprint density at radius 1 is 1.23 bits per heavy atom. The molecule has 0 fully saturated rings. The first-order valence-electron chi connectivity index (χ1n) is 3.75. The third-order valence-corrected chi connectivity index (χ3v) is 2.22. The molecule has 1 aromatic rings. The highest BCUT2D eigenvalue weighted by Crippen LogP contribution is 2.25. The van der Waals surface area contributed by atoms with Crippen molar-refractivity contribution in [3.63, 3.8) is 0 Å². The minimum absolute atomic E-state index is 0.513. The Balaban J connectivity index is 2.96. The summed E-state index contributed by atoms with van der Waals surface area (Å²) in [7, 11) is 0. The van der Waals surface area contributed by atoms with E-state index in [0.29, 0.717) is 0 Å². The van der Waals surface area contributed by atoms with Crippen molar-refractivity contribution in [1.82, 2.24) is 0 Å². The highest BCUT2D eigenvalue weighted by molar-refractivity contribution is 6.46. The van der Waals surface area contributed by atoms with E-state index in [1.165, 1.54) is 0 Å². The summed E-state index contributed by atoms with van der Waals surface area (Å²) in [5.74, 6) is -1.15. The molecule has 0 radical (unpaired) electrons. The van der Waals surface area contributed by atoms with Gasteiger partial charge in [-0.1, -0.05) is 30.3 Å². The highest BCUT2D eigenvalue weighted by atomic mass is 35.5. The number of nitrogens with two attached hydrogens (primary N) is 1. The van der Waals surface area contributed by atoms with E-state index in [2.05, 4.69) is 0 Å². The van der Waals surface area contributed by atoms with Crippen molar-refractivity contribution in [2.24, 2.45) is 5.73 Å². The van der Waals surface area contributed by atoms with Crippen molar-refractivity contribution in [3.8, 4) is 0 Å². The summed E-state index contributed by atoms with van der Waals surface area (Å²) in [6.45, 7) is 0. The van der Waals surface area contributed by atoms with Gasteiger partial charge in [0, 0.05) is 0 Å². The maximum absolute atomic E-state index is 11.0. The van der Waals surface area contributed by atoms with E-state index in [9.17, 15) is 4.79 Å². The van der Waals surface area contributed by atoms with Crippen LogP contribution in [0.1, 0.15) is 11.5 Å². The second-order valence-electron chi connectivity index (χ2n) is 2.63. The van der Waals surface area contributed by atoms with Gasteiger partial charge in [0.25, 0.3) is 0 Å². The van der Waals surface area contributed by atoms with Crippen molar-refractivity contribution in [3.05, 3.63) is 35.9 Å². The summed E-state index contributed by atoms with van der Waals surface area (Å²) < 4.78 is 0. The number of primary amides is 1.